The van der Waals surface area contributed by atoms with Crippen LogP contribution < -0.4 is 4.74 Å². The highest BCUT2D eigenvalue weighted by atomic mass is 32.2. The van der Waals surface area contributed by atoms with Crippen molar-refractivity contribution in [3.63, 3.8) is 0 Å². The minimum Gasteiger partial charge on any atom is -0.406 e. The Kier molecular flexibility index (Phi) is 6.41. The second kappa shape index (κ2) is 9.24. The van der Waals surface area contributed by atoms with Crippen molar-refractivity contribution < 1.29 is 22.3 Å². The molecule has 0 aliphatic rings. The molecule has 1 aromatic heterocycles. The largest absolute Gasteiger partial charge is 0.573 e. The highest BCUT2D eigenvalue weighted by Crippen LogP contribution is 2.31. The van der Waals surface area contributed by atoms with Gasteiger partial charge in [0.05, 0.1) is 17.6 Å². The monoisotopic (exact) mass is 460 g/mol. The standard InChI is InChI=1S/C24H20F4N2OS/c1-2-13-32-19-11-12-21-22(14-19)30(15-17-5-3-4-6-20(17)25)23(29-21)16-7-9-18(10-8-16)31-24(26,27)28/h3-12,14H,2,13,15H2,1H3. The summed E-state index contributed by atoms with van der Waals surface area (Å²) in [6, 6.07) is 18.0. The summed E-state index contributed by atoms with van der Waals surface area (Å²) in [5.41, 5.74) is 2.67. The second-order valence-corrected chi connectivity index (χ2v) is 8.35. The van der Waals surface area contributed by atoms with Gasteiger partial charge in [0.1, 0.15) is 17.4 Å². The average molecular weight is 460 g/mol. The molecule has 4 rings (SSSR count). The summed E-state index contributed by atoms with van der Waals surface area (Å²) in [6.07, 6.45) is -3.72. The van der Waals surface area contributed by atoms with Crippen LogP contribution in [-0.4, -0.2) is 21.7 Å². The van der Waals surface area contributed by atoms with E-state index in [9.17, 15) is 17.6 Å². The Bertz CT molecular complexity index is 1220. The van der Waals surface area contributed by atoms with E-state index in [0.717, 1.165) is 28.1 Å². The van der Waals surface area contributed by atoms with Gasteiger partial charge in [-0.2, -0.15) is 0 Å². The zero-order chi connectivity index (χ0) is 22.7. The number of aromatic nitrogens is 2. The number of halogens is 4. The molecule has 0 fully saturated rings. The molecule has 0 aliphatic carbocycles. The van der Waals surface area contributed by atoms with E-state index in [1.807, 2.05) is 22.8 Å². The molecule has 32 heavy (non-hydrogen) atoms. The van der Waals surface area contributed by atoms with Gasteiger partial charge in [-0.25, -0.2) is 9.37 Å². The van der Waals surface area contributed by atoms with Crippen molar-refractivity contribution in [2.24, 2.45) is 0 Å². The van der Waals surface area contributed by atoms with Crippen LogP contribution in [0.2, 0.25) is 0 Å². The number of fused-ring (bicyclic) bond motifs is 1. The van der Waals surface area contributed by atoms with Crippen LogP contribution in [0.5, 0.6) is 5.75 Å². The molecule has 0 radical (unpaired) electrons. The SMILES string of the molecule is CCCSc1ccc2nc(-c3ccc(OC(F)(F)F)cc3)n(Cc3ccccc3F)c2c1. The molecule has 0 bridgehead atoms. The topological polar surface area (TPSA) is 27.1 Å². The number of hydrogen-bond donors (Lipinski definition) is 0. The lowest BCUT2D eigenvalue weighted by atomic mass is 10.1. The molecule has 0 saturated carbocycles. The molecule has 1 heterocycles. The van der Waals surface area contributed by atoms with Crippen molar-refractivity contribution in [3.8, 4) is 17.1 Å². The first-order valence-electron chi connectivity index (χ1n) is 10.1. The minimum absolute atomic E-state index is 0.237. The first kappa shape index (κ1) is 22.2. The number of ether oxygens (including phenoxy) is 1. The van der Waals surface area contributed by atoms with E-state index in [1.165, 1.54) is 30.3 Å². The van der Waals surface area contributed by atoms with Crippen LogP contribution in [0.25, 0.3) is 22.4 Å². The number of imidazole rings is 1. The van der Waals surface area contributed by atoms with Gasteiger partial charge in [0, 0.05) is 16.0 Å². The number of hydrogen-bond acceptors (Lipinski definition) is 3. The van der Waals surface area contributed by atoms with Crippen LogP contribution in [0, 0.1) is 5.82 Å². The fraction of sp³-hybridized carbons (Fsp3) is 0.208. The first-order valence-corrected chi connectivity index (χ1v) is 11.1. The van der Waals surface area contributed by atoms with Gasteiger partial charge >= 0.3 is 6.36 Å². The number of nitrogens with zero attached hydrogens (tertiary/aromatic N) is 2. The molecular formula is C24H20F4N2OS. The van der Waals surface area contributed by atoms with Crippen LogP contribution in [0.4, 0.5) is 17.6 Å². The molecule has 166 valence electrons. The summed E-state index contributed by atoms with van der Waals surface area (Å²) in [7, 11) is 0. The Hall–Kier alpha value is -3.00. The van der Waals surface area contributed by atoms with Gasteiger partial charge in [-0.3, -0.25) is 0 Å². The number of alkyl halides is 3. The predicted molar refractivity (Wildman–Crippen MR) is 118 cm³/mol. The summed E-state index contributed by atoms with van der Waals surface area (Å²) in [5, 5.41) is 0. The Morgan fingerprint density at radius 3 is 2.44 bits per heavy atom. The van der Waals surface area contributed by atoms with Gasteiger partial charge in [0.25, 0.3) is 0 Å². The maximum absolute atomic E-state index is 14.4. The molecule has 0 N–H and O–H groups in total. The van der Waals surface area contributed by atoms with Crippen molar-refractivity contribution in [1.29, 1.82) is 0 Å². The van der Waals surface area contributed by atoms with E-state index in [4.69, 9.17) is 4.98 Å². The molecule has 0 amide bonds. The van der Waals surface area contributed by atoms with Gasteiger partial charge in [-0.05, 0) is 60.7 Å². The summed E-state index contributed by atoms with van der Waals surface area (Å²) in [5.74, 6) is 0.877. The molecular weight excluding hydrogens is 440 g/mol. The molecule has 8 heteroatoms. The molecule has 0 spiro atoms. The third kappa shape index (κ3) is 5.07. The number of benzene rings is 3. The summed E-state index contributed by atoms with van der Waals surface area (Å²) < 4.78 is 57.8. The first-order chi connectivity index (χ1) is 15.3. The van der Waals surface area contributed by atoms with Crippen LogP contribution >= 0.6 is 11.8 Å². The number of thioether (sulfide) groups is 1. The van der Waals surface area contributed by atoms with E-state index >= 15 is 0 Å². The Balaban J connectivity index is 1.79. The summed E-state index contributed by atoms with van der Waals surface area (Å²) in [6.45, 7) is 2.35. The van der Waals surface area contributed by atoms with E-state index in [1.54, 1.807) is 30.0 Å². The van der Waals surface area contributed by atoms with Crippen molar-refractivity contribution in [2.75, 3.05) is 5.75 Å². The van der Waals surface area contributed by atoms with Gasteiger partial charge < -0.3 is 9.30 Å². The maximum Gasteiger partial charge on any atom is 0.573 e. The van der Waals surface area contributed by atoms with Crippen molar-refractivity contribution in [1.82, 2.24) is 9.55 Å². The lowest BCUT2D eigenvalue weighted by Crippen LogP contribution is -2.17. The van der Waals surface area contributed by atoms with Gasteiger partial charge in [0.2, 0.25) is 0 Å². The third-order valence-corrected chi connectivity index (χ3v) is 6.02. The van der Waals surface area contributed by atoms with Crippen molar-refractivity contribution in [3.05, 3.63) is 78.1 Å². The molecule has 4 aromatic rings. The fourth-order valence-corrected chi connectivity index (χ4v) is 4.19. The lowest BCUT2D eigenvalue weighted by molar-refractivity contribution is -0.274. The quantitative estimate of drug-likeness (QED) is 0.214. The van der Waals surface area contributed by atoms with Gasteiger partial charge in [-0.15, -0.1) is 24.9 Å². The molecule has 3 aromatic carbocycles. The zero-order valence-corrected chi connectivity index (χ0v) is 18.0. The van der Waals surface area contributed by atoms with Gasteiger partial charge in [0.15, 0.2) is 0 Å². The maximum atomic E-state index is 14.4. The average Bonchev–Trinajstić information content (AvgIpc) is 3.11. The zero-order valence-electron chi connectivity index (χ0n) is 17.2. The minimum atomic E-state index is -4.76. The molecule has 0 saturated heterocycles. The number of rotatable bonds is 7. The predicted octanol–water partition coefficient (Wildman–Crippen LogP) is 7.29. The van der Waals surface area contributed by atoms with E-state index in [-0.39, 0.29) is 18.1 Å². The van der Waals surface area contributed by atoms with E-state index < -0.39 is 6.36 Å². The Morgan fingerprint density at radius 1 is 1.00 bits per heavy atom. The third-order valence-electron chi connectivity index (χ3n) is 4.82. The highest BCUT2D eigenvalue weighted by Gasteiger charge is 2.31. The highest BCUT2D eigenvalue weighted by molar-refractivity contribution is 7.99. The molecule has 0 unspecified atom stereocenters. The Morgan fingerprint density at radius 2 is 1.75 bits per heavy atom. The van der Waals surface area contributed by atoms with Crippen LogP contribution in [-0.2, 0) is 6.54 Å². The lowest BCUT2D eigenvalue weighted by Gasteiger charge is -2.12. The second-order valence-electron chi connectivity index (χ2n) is 7.18. The normalized spacial score (nSPS) is 11.8. The smallest absolute Gasteiger partial charge is 0.406 e. The molecule has 0 atom stereocenters. The summed E-state index contributed by atoms with van der Waals surface area (Å²) in [4.78, 5) is 5.78. The Labute approximate surface area is 187 Å². The van der Waals surface area contributed by atoms with Crippen molar-refractivity contribution >= 4 is 22.8 Å². The summed E-state index contributed by atoms with van der Waals surface area (Å²) >= 11 is 1.73. The van der Waals surface area contributed by atoms with E-state index in [0.29, 0.717) is 17.0 Å². The van der Waals surface area contributed by atoms with Crippen LogP contribution in [0.1, 0.15) is 18.9 Å². The van der Waals surface area contributed by atoms with Crippen LogP contribution in [0.15, 0.2) is 71.6 Å². The molecule has 0 aliphatic heterocycles. The van der Waals surface area contributed by atoms with Crippen molar-refractivity contribution in [2.45, 2.75) is 31.1 Å². The van der Waals surface area contributed by atoms with Gasteiger partial charge in [-0.1, -0.05) is 25.1 Å². The fourth-order valence-electron chi connectivity index (χ4n) is 3.40. The van der Waals surface area contributed by atoms with Crippen LogP contribution in [0.3, 0.4) is 0 Å². The molecule has 3 nitrogen and oxygen atoms in total. The van der Waals surface area contributed by atoms with E-state index in [2.05, 4.69) is 11.7 Å².